The van der Waals surface area contributed by atoms with E-state index in [1.54, 1.807) is 0 Å². The number of hydrogen-bond donors (Lipinski definition) is 1. The summed E-state index contributed by atoms with van der Waals surface area (Å²) in [4.78, 5) is 13.7. The zero-order valence-corrected chi connectivity index (χ0v) is 11.9. The van der Waals surface area contributed by atoms with Gasteiger partial charge in [0.15, 0.2) is 0 Å². The maximum atomic E-state index is 11.8. The highest BCUT2D eigenvalue weighted by Gasteiger charge is 2.28. The van der Waals surface area contributed by atoms with Gasteiger partial charge in [0, 0.05) is 13.1 Å². The molecule has 0 bridgehead atoms. The minimum atomic E-state index is 0.217. The molecule has 1 N–H and O–H groups in total. The standard InChI is InChI=1S/C16H24N2O/c1-13(14-6-4-3-5-7-14)10-11-17-12-16(19)18(2)15-8-9-15/h3-7,13,15,17H,8-12H2,1-2H3. The van der Waals surface area contributed by atoms with Crippen molar-refractivity contribution in [2.45, 2.75) is 38.1 Å². The van der Waals surface area contributed by atoms with Crippen LogP contribution in [0.4, 0.5) is 0 Å². The van der Waals surface area contributed by atoms with Crippen LogP contribution >= 0.6 is 0 Å². The zero-order chi connectivity index (χ0) is 13.7. The third-order valence-corrected chi connectivity index (χ3v) is 3.89. The molecule has 0 spiro atoms. The van der Waals surface area contributed by atoms with Crippen molar-refractivity contribution >= 4 is 5.91 Å². The van der Waals surface area contributed by atoms with Gasteiger partial charge in [0.1, 0.15) is 0 Å². The SMILES string of the molecule is CC(CCNCC(=O)N(C)C1CC1)c1ccccc1. The van der Waals surface area contributed by atoms with Crippen LogP contribution in [0.5, 0.6) is 0 Å². The number of amides is 1. The van der Waals surface area contributed by atoms with Gasteiger partial charge in [0.25, 0.3) is 0 Å². The summed E-state index contributed by atoms with van der Waals surface area (Å²) in [5.74, 6) is 0.750. The molecule has 1 aromatic rings. The fourth-order valence-electron chi connectivity index (χ4n) is 2.25. The summed E-state index contributed by atoms with van der Waals surface area (Å²) in [6.45, 7) is 3.59. The van der Waals surface area contributed by atoms with E-state index < -0.39 is 0 Å². The number of nitrogens with zero attached hydrogens (tertiary/aromatic N) is 1. The Hall–Kier alpha value is -1.35. The fraction of sp³-hybridized carbons (Fsp3) is 0.562. The van der Waals surface area contributed by atoms with Crippen LogP contribution in [0.2, 0.25) is 0 Å². The molecule has 1 aromatic carbocycles. The lowest BCUT2D eigenvalue weighted by Gasteiger charge is -2.17. The quantitative estimate of drug-likeness (QED) is 0.763. The molecule has 1 unspecified atom stereocenters. The summed E-state index contributed by atoms with van der Waals surface area (Å²) in [6.07, 6.45) is 3.41. The summed E-state index contributed by atoms with van der Waals surface area (Å²) in [7, 11) is 1.91. The van der Waals surface area contributed by atoms with Gasteiger partial charge in [0.2, 0.25) is 5.91 Å². The van der Waals surface area contributed by atoms with Crippen molar-refractivity contribution in [3.8, 4) is 0 Å². The van der Waals surface area contributed by atoms with Crippen molar-refractivity contribution in [3.05, 3.63) is 35.9 Å². The number of benzene rings is 1. The Morgan fingerprint density at radius 3 is 2.68 bits per heavy atom. The lowest BCUT2D eigenvalue weighted by molar-refractivity contribution is -0.129. The van der Waals surface area contributed by atoms with Crippen molar-refractivity contribution in [2.75, 3.05) is 20.1 Å². The predicted molar refractivity (Wildman–Crippen MR) is 78.1 cm³/mol. The summed E-state index contributed by atoms with van der Waals surface area (Å²) in [5.41, 5.74) is 1.37. The van der Waals surface area contributed by atoms with Crippen LogP contribution < -0.4 is 5.32 Å². The Morgan fingerprint density at radius 2 is 2.05 bits per heavy atom. The summed E-state index contributed by atoms with van der Waals surface area (Å²) >= 11 is 0. The second-order valence-corrected chi connectivity index (χ2v) is 5.51. The molecule has 1 aliphatic rings. The third kappa shape index (κ3) is 4.35. The summed E-state index contributed by atoms with van der Waals surface area (Å²) in [5, 5.41) is 3.26. The van der Waals surface area contributed by atoms with Gasteiger partial charge in [-0.2, -0.15) is 0 Å². The molecule has 1 amide bonds. The van der Waals surface area contributed by atoms with Crippen LogP contribution in [0.25, 0.3) is 0 Å². The average Bonchev–Trinajstić information content (AvgIpc) is 3.27. The van der Waals surface area contributed by atoms with Gasteiger partial charge in [-0.25, -0.2) is 0 Å². The molecule has 1 fully saturated rings. The van der Waals surface area contributed by atoms with Crippen LogP contribution in [0.15, 0.2) is 30.3 Å². The lowest BCUT2D eigenvalue weighted by Crippen LogP contribution is -2.37. The minimum absolute atomic E-state index is 0.217. The fourth-order valence-corrected chi connectivity index (χ4v) is 2.25. The van der Waals surface area contributed by atoms with Gasteiger partial charge in [-0.05, 0) is 37.3 Å². The summed E-state index contributed by atoms with van der Waals surface area (Å²) < 4.78 is 0. The largest absolute Gasteiger partial charge is 0.342 e. The van der Waals surface area contributed by atoms with E-state index in [1.807, 2.05) is 18.0 Å². The van der Waals surface area contributed by atoms with E-state index in [0.29, 0.717) is 18.5 Å². The Bertz CT molecular complexity index is 400. The molecular weight excluding hydrogens is 236 g/mol. The average molecular weight is 260 g/mol. The van der Waals surface area contributed by atoms with Crippen LogP contribution in [0.1, 0.15) is 37.7 Å². The van der Waals surface area contributed by atoms with E-state index in [9.17, 15) is 4.79 Å². The number of likely N-dealkylation sites (N-methyl/N-ethyl adjacent to an activating group) is 1. The van der Waals surface area contributed by atoms with E-state index in [2.05, 4.69) is 36.5 Å². The van der Waals surface area contributed by atoms with Gasteiger partial charge in [-0.1, -0.05) is 37.3 Å². The van der Waals surface area contributed by atoms with E-state index in [4.69, 9.17) is 0 Å². The highest BCUT2D eigenvalue weighted by Crippen LogP contribution is 2.25. The van der Waals surface area contributed by atoms with Gasteiger partial charge >= 0.3 is 0 Å². The molecule has 1 saturated carbocycles. The summed E-state index contributed by atoms with van der Waals surface area (Å²) in [6, 6.07) is 11.0. The monoisotopic (exact) mass is 260 g/mol. The molecule has 0 radical (unpaired) electrons. The first-order valence-corrected chi connectivity index (χ1v) is 7.20. The molecular formula is C16H24N2O. The van der Waals surface area contributed by atoms with Gasteiger partial charge in [-0.15, -0.1) is 0 Å². The van der Waals surface area contributed by atoms with Crippen LogP contribution in [0.3, 0.4) is 0 Å². The molecule has 1 aliphatic carbocycles. The number of carbonyl (C=O) groups is 1. The molecule has 19 heavy (non-hydrogen) atoms. The van der Waals surface area contributed by atoms with E-state index in [0.717, 1.165) is 13.0 Å². The molecule has 0 aromatic heterocycles. The first kappa shape index (κ1) is 14.1. The van der Waals surface area contributed by atoms with Crippen molar-refractivity contribution in [1.29, 1.82) is 0 Å². The van der Waals surface area contributed by atoms with Gasteiger partial charge < -0.3 is 10.2 Å². The van der Waals surface area contributed by atoms with Gasteiger partial charge in [0.05, 0.1) is 6.54 Å². The van der Waals surface area contributed by atoms with Crippen LogP contribution in [-0.4, -0.2) is 37.0 Å². The molecule has 0 heterocycles. The third-order valence-electron chi connectivity index (χ3n) is 3.89. The molecule has 0 saturated heterocycles. The lowest BCUT2D eigenvalue weighted by atomic mass is 9.98. The van der Waals surface area contributed by atoms with Crippen LogP contribution in [-0.2, 0) is 4.79 Å². The first-order valence-electron chi connectivity index (χ1n) is 7.20. The molecule has 3 heteroatoms. The number of carbonyl (C=O) groups excluding carboxylic acids is 1. The number of nitrogens with one attached hydrogen (secondary N) is 1. The van der Waals surface area contributed by atoms with E-state index in [1.165, 1.54) is 18.4 Å². The molecule has 3 nitrogen and oxygen atoms in total. The molecule has 1 atom stereocenters. The second kappa shape index (κ2) is 6.71. The highest BCUT2D eigenvalue weighted by molar-refractivity contribution is 5.78. The van der Waals surface area contributed by atoms with Crippen molar-refractivity contribution in [2.24, 2.45) is 0 Å². The Kier molecular flexibility index (Phi) is 4.97. The normalized spacial score (nSPS) is 16.1. The molecule has 0 aliphatic heterocycles. The van der Waals surface area contributed by atoms with Crippen LogP contribution in [0, 0.1) is 0 Å². The number of rotatable bonds is 7. The molecule has 2 rings (SSSR count). The zero-order valence-electron chi connectivity index (χ0n) is 11.9. The number of hydrogen-bond acceptors (Lipinski definition) is 2. The Morgan fingerprint density at radius 1 is 1.37 bits per heavy atom. The second-order valence-electron chi connectivity index (χ2n) is 5.51. The predicted octanol–water partition coefficient (Wildman–Crippen LogP) is 2.39. The molecule has 104 valence electrons. The van der Waals surface area contributed by atoms with Crippen molar-refractivity contribution in [1.82, 2.24) is 10.2 Å². The maximum absolute atomic E-state index is 11.8. The van der Waals surface area contributed by atoms with Crippen molar-refractivity contribution in [3.63, 3.8) is 0 Å². The van der Waals surface area contributed by atoms with Gasteiger partial charge in [-0.3, -0.25) is 4.79 Å². The minimum Gasteiger partial charge on any atom is -0.342 e. The maximum Gasteiger partial charge on any atom is 0.236 e. The van der Waals surface area contributed by atoms with E-state index in [-0.39, 0.29) is 5.91 Å². The van der Waals surface area contributed by atoms with Crippen molar-refractivity contribution < 1.29 is 4.79 Å². The van der Waals surface area contributed by atoms with E-state index >= 15 is 0 Å². The highest BCUT2D eigenvalue weighted by atomic mass is 16.2. The smallest absolute Gasteiger partial charge is 0.236 e. The Labute approximate surface area is 116 Å². The topological polar surface area (TPSA) is 32.3 Å². The first-order chi connectivity index (χ1) is 9.18. The Balaban J connectivity index is 1.62.